The molecule has 3 rings (SSSR count). The zero-order valence-corrected chi connectivity index (χ0v) is 8.74. The number of hydrogen-bond acceptors (Lipinski definition) is 2. The van der Waals surface area contributed by atoms with E-state index >= 15 is 0 Å². The third kappa shape index (κ3) is 1.17. The predicted molar refractivity (Wildman–Crippen MR) is 53.9 cm³/mol. The summed E-state index contributed by atoms with van der Waals surface area (Å²) < 4.78 is 5.88. The molecule has 3 aliphatic rings. The van der Waals surface area contributed by atoms with Gasteiger partial charge in [0.15, 0.2) is 0 Å². The van der Waals surface area contributed by atoms with Crippen molar-refractivity contribution in [2.24, 2.45) is 17.3 Å². The first-order valence-corrected chi connectivity index (χ1v) is 6.09. The molecule has 14 heavy (non-hydrogen) atoms. The highest BCUT2D eigenvalue weighted by molar-refractivity contribution is 5.04. The Morgan fingerprint density at radius 1 is 1.21 bits per heavy atom. The monoisotopic (exact) mass is 196 g/mol. The Morgan fingerprint density at radius 3 is 2.50 bits per heavy atom. The van der Waals surface area contributed by atoms with Gasteiger partial charge in [0.1, 0.15) is 0 Å². The smallest absolute Gasteiger partial charge is 0.0684 e. The molecule has 1 N–H and O–H groups in total. The van der Waals surface area contributed by atoms with Crippen molar-refractivity contribution in [1.82, 2.24) is 0 Å². The second-order valence-corrected chi connectivity index (χ2v) is 5.40. The molecule has 2 heteroatoms. The Kier molecular flexibility index (Phi) is 2.10. The van der Waals surface area contributed by atoms with Crippen LogP contribution in [0.3, 0.4) is 0 Å². The molecule has 1 heterocycles. The van der Waals surface area contributed by atoms with Crippen LogP contribution >= 0.6 is 0 Å². The fourth-order valence-electron chi connectivity index (χ4n) is 3.41. The molecule has 2 aliphatic carbocycles. The van der Waals surface area contributed by atoms with Gasteiger partial charge in [-0.05, 0) is 43.9 Å². The van der Waals surface area contributed by atoms with Gasteiger partial charge < -0.3 is 9.84 Å². The Bertz CT molecular complexity index is 220. The highest BCUT2D eigenvalue weighted by Crippen LogP contribution is 2.55. The van der Waals surface area contributed by atoms with E-state index < -0.39 is 0 Å². The van der Waals surface area contributed by atoms with Crippen molar-refractivity contribution in [2.75, 3.05) is 13.2 Å². The van der Waals surface area contributed by atoms with E-state index in [1.165, 1.54) is 32.1 Å². The van der Waals surface area contributed by atoms with E-state index in [0.29, 0.717) is 12.7 Å². The minimum absolute atomic E-state index is 0.166. The number of ether oxygens (including phenoxy) is 1. The van der Waals surface area contributed by atoms with E-state index in [2.05, 4.69) is 0 Å². The molecule has 0 radical (unpaired) electrons. The molecule has 80 valence electrons. The van der Waals surface area contributed by atoms with Crippen LogP contribution in [0.4, 0.5) is 0 Å². The van der Waals surface area contributed by atoms with Gasteiger partial charge in [-0.25, -0.2) is 0 Å². The van der Waals surface area contributed by atoms with Gasteiger partial charge in [0, 0.05) is 12.0 Å². The summed E-state index contributed by atoms with van der Waals surface area (Å²) in [5.74, 6) is 1.55. The standard InChI is InChI=1S/C12H20O2/c13-8-12(10-2-1-3-10)6-7-14-11(12)9-4-5-9/h9-11,13H,1-8H2. The Labute approximate surface area is 85.6 Å². The van der Waals surface area contributed by atoms with Gasteiger partial charge >= 0.3 is 0 Å². The average Bonchev–Trinajstić information content (AvgIpc) is 2.86. The maximum absolute atomic E-state index is 9.72. The minimum atomic E-state index is 0.166. The lowest BCUT2D eigenvalue weighted by atomic mass is 9.61. The van der Waals surface area contributed by atoms with Crippen LogP contribution in [-0.4, -0.2) is 24.4 Å². The zero-order valence-electron chi connectivity index (χ0n) is 8.74. The normalized spacial score (nSPS) is 43.9. The van der Waals surface area contributed by atoms with Crippen molar-refractivity contribution in [3.63, 3.8) is 0 Å². The molecule has 2 nitrogen and oxygen atoms in total. The summed E-state index contributed by atoms with van der Waals surface area (Å²) in [5.41, 5.74) is 0.166. The second kappa shape index (κ2) is 3.21. The molecular formula is C12H20O2. The molecule has 0 aromatic heterocycles. The lowest BCUT2D eigenvalue weighted by Crippen LogP contribution is -2.45. The van der Waals surface area contributed by atoms with E-state index in [4.69, 9.17) is 4.74 Å². The topological polar surface area (TPSA) is 29.5 Å². The van der Waals surface area contributed by atoms with Crippen molar-refractivity contribution in [1.29, 1.82) is 0 Å². The van der Waals surface area contributed by atoms with Crippen LogP contribution in [0.15, 0.2) is 0 Å². The Morgan fingerprint density at radius 2 is 2.00 bits per heavy atom. The molecule has 1 saturated heterocycles. The first kappa shape index (κ1) is 9.17. The Balaban J connectivity index is 1.81. The van der Waals surface area contributed by atoms with E-state index in [9.17, 15) is 5.11 Å². The van der Waals surface area contributed by atoms with Gasteiger partial charge in [-0.2, -0.15) is 0 Å². The van der Waals surface area contributed by atoms with Crippen molar-refractivity contribution < 1.29 is 9.84 Å². The second-order valence-electron chi connectivity index (χ2n) is 5.40. The van der Waals surface area contributed by atoms with Gasteiger partial charge in [-0.1, -0.05) is 6.42 Å². The summed E-state index contributed by atoms with van der Waals surface area (Å²) in [7, 11) is 0. The van der Waals surface area contributed by atoms with Crippen molar-refractivity contribution in [3.05, 3.63) is 0 Å². The zero-order chi connectivity index (χ0) is 9.60. The SMILES string of the molecule is OCC1(C2CCC2)CCOC1C1CC1. The third-order valence-corrected chi connectivity index (χ3v) is 4.69. The molecule has 0 aromatic carbocycles. The molecule has 0 amide bonds. The molecule has 1 aliphatic heterocycles. The molecule has 3 fully saturated rings. The highest BCUT2D eigenvalue weighted by Gasteiger charge is 2.55. The molecule has 2 unspecified atom stereocenters. The fourth-order valence-corrected chi connectivity index (χ4v) is 3.41. The number of aliphatic hydroxyl groups excluding tert-OH is 1. The first-order chi connectivity index (χ1) is 6.87. The largest absolute Gasteiger partial charge is 0.396 e. The van der Waals surface area contributed by atoms with Gasteiger partial charge in [0.25, 0.3) is 0 Å². The van der Waals surface area contributed by atoms with Crippen LogP contribution < -0.4 is 0 Å². The summed E-state index contributed by atoms with van der Waals surface area (Å²) in [5, 5.41) is 9.72. The summed E-state index contributed by atoms with van der Waals surface area (Å²) in [6, 6.07) is 0. The molecule has 2 saturated carbocycles. The molecular weight excluding hydrogens is 176 g/mol. The summed E-state index contributed by atoms with van der Waals surface area (Å²) in [6.07, 6.45) is 8.19. The first-order valence-electron chi connectivity index (χ1n) is 6.09. The summed E-state index contributed by atoms with van der Waals surface area (Å²) >= 11 is 0. The minimum Gasteiger partial charge on any atom is -0.396 e. The van der Waals surface area contributed by atoms with Crippen LogP contribution in [0.2, 0.25) is 0 Å². The maximum atomic E-state index is 9.72. The molecule has 2 atom stereocenters. The van der Waals surface area contributed by atoms with Gasteiger partial charge in [0.05, 0.1) is 12.7 Å². The third-order valence-electron chi connectivity index (χ3n) is 4.69. The van der Waals surface area contributed by atoms with Crippen molar-refractivity contribution in [3.8, 4) is 0 Å². The maximum Gasteiger partial charge on any atom is 0.0684 e. The van der Waals surface area contributed by atoms with Gasteiger partial charge in [-0.3, -0.25) is 0 Å². The fraction of sp³-hybridized carbons (Fsp3) is 1.00. The number of aliphatic hydroxyl groups is 1. The number of hydrogen-bond donors (Lipinski definition) is 1. The van der Waals surface area contributed by atoms with E-state index in [-0.39, 0.29) is 5.41 Å². The predicted octanol–water partition coefficient (Wildman–Crippen LogP) is 1.96. The van der Waals surface area contributed by atoms with Crippen LogP contribution in [0, 0.1) is 17.3 Å². The Hall–Kier alpha value is -0.0800. The van der Waals surface area contributed by atoms with E-state index in [1.54, 1.807) is 0 Å². The summed E-state index contributed by atoms with van der Waals surface area (Å²) in [4.78, 5) is 0. The highest BCUT2D eigenvalue weighted by atomic mass is 16.5. The molecule has 0 aromatic rings. The lowest BCUT2D eigenvalue weighted by molar-refractivity contribution is -0.0567. The van der Waals surface area contributed by atoms with E-state index in [1.807, 2.05) is 0 Å². The average molecular weight is 196 g/mol. The van der Waals surface area contributed by atoms with Crippen LogP contribution in [0.5, 0.6) is 0 Å². The van der Waals surface area contributed by atoms with Crippen LogP contribution in [0.1, 0.15) is 38.5 Å². The van der Waals surface area contributed by atoms with Gasteiger partial charge in [0.2, 0.25) is 0 Å². The van der Waals surface area contributed by atoms with Gasteiger partial charge in [-0.15, -0.1) is 0 Å². The van der Waals surface area contributed by atoms with E-state index in [0.717, 1.165) is 24.9 Å². The lowest BCUT2D eigenvalue weighted by Gasteiger charge is -2.44. The van der Waals surface area contributed by atoms with Crippen molar-refractivity contribution >= 4 is 0 Å². The van der Waals surface area contributed by atoms with Crippen LogP contribution in [-0.2, 0) is 4.74 Å². The van der Waals surface area contributed by atoms with Crippen LogP contribution in [0.25, 0.3) is 0 Å². The quantitative estimate of drug-likeness (QED) is 0.747. The molecule has 0 bridgehead atoms. The van der Waals surface area contributed by atoms with Crippen molar-refractivity contribution in [2.45, 2.75) is 44.6 Å². The molecule has 0 spiro atoms. The summed E-state index contributed by atoms with van der Waals surface area (Å²) in [6.45, 7) is 1.25. The number of rotatable bonds is 3.